The quantitative estimate of drug-likeness (QED) is 0.185. The summed E-state index contributed by atoms with van der Waals surface area (Å²) < 4.78 is 2.39. The Morgan fingerprint density at radius 3 is 1.62 bits per heavy atom. The van der Waals surface area contributed by atoms with E-state index >= 15 is 0 Å². The monoisotopic (exact) mass is 573 g/mol. The van der Waals surface area contributed by atoms with Gasteiger partial charge in [0.15, 0.2) is 0 Å². The largest absolute Gasteiger partial charge is 0.309 e. The summed E-state index contributed by atoms with van der Waals surface area (Å²) in [6.07, 6.45) is 0. The van der Waals surface area contributed by atoms with Gasteiger partial charge < -0.3 is 4.57 Å². The van der Waals surface area contributed by atoms with Crippen molar-refractivity contribution < 1.29 is 0 Å². The SMILES string of the molecule is Cc1ccc2c(-c3ccc(-n4c5ccccc5c5ccccc54)cc3)c3ccccc3c(-c3c(C)ccc4ccccc34)c2c1. The molecule has 0 fully saturated rings. The van der Waals surface area contributed by atoms with Crippen molar-refractivity contribution in [2.24, 2.45) is 0 Å². The first-order chi connectivity index (χ1) is 22.2. The lowest BCUT2D eigenvalue weighted by Gasteiger charge is -2.21. The van der Waals surface area contributed by atoms with E-state index in [9.17, 15) is 0 Å². The van der Waals surface area contributed by atoms with Crippen LogP contribution in [0.5, 0.6) is 0 Å². The normalized spacial score (nSPS) is 11.8. The fraction of sp³-hybridized carbons (Fsp3) is 0.0455. The molecular weight excluding hydrogens is 542 g/mol. The number of rotatable bonds is 3. The van der Waals surface area contributed by atoms with Crippen LogP contribution in [-0.4, -0.2) is 4.57 Å². The highest BCUT2D eigenvalue weighted by Crippen LogP contribution is 2.46. The summed E-state index contributed by atoms with van der Waals surface area (Å²) in [5, 5.41) is 10.3. The van der Waals surface area contributed by atoms with Gasteiger partial charge in [-0.1, -0.05) is 133 Å². The Labute approximate surface area is 262 Å². The van der Waals surface area contributed by atoms with Crippen molar-refractivity contribution in [3.8, 4) is 27.9 Å². The van der Waals surface area contributed by atoms with E-state index in [1.807, 2.05) is 0 Å². The molecule has 1 nitrogen and oxygen atoms in total. The van der Waals surface area contributed by atoms with E-state index in [0.29, 0.717) is 0 Å². The van der Waals surface area contributed by atoms with Crippen molar-refractivity contribution in [1.82, 2.24) is 4.57 Å². The van der Waals surface area contributed by atoms with Gasteiger partial charge in [-0.15, -0.1) is 0 Å². The van der Waals surface area contributed by atoms with Crippen LogP contribution in [0.4, 0.5) is 0 Å². The number of fused-ring (bicyclic) bond motifs is 6. The second-order valence-electron chi connectivity index (χ2n) is 12.2. The van der Waals surface area contributed by atoms with Gasteiger partial charge in [0.2, 0.25) is 0 Å². The smallest absolute Gasteiger partial charge is 0.0541 e. The molecule has 0 aliphatic carbocycles. The molecule has 1 heteroatoms. The van der Waals surface area contributed by atoms with Crippen molar-refractivity contribution in [1.29, 1.82) is 0 Å². The minimum Gasteiger partial charge on any atom is -0.309 e. The summed E-state index contributed by atoms with van der Waals surface area (Å²) in [5.41, 5.74) is 11.4. The first kappa shape index (κ1) is 25.8. The van der Waals surface area contributed by atoms with Crippen LogP contribution in [0.15, 0.2) is 152 Å². The average molecular weight is 574 g/mol. The van der Waals surface area contributed by atoms with Crippen molar-refractivity contribution >= 4 is 54.1 Å². The van der Waals surface area contributed by atoms with Crippen molar-refractivity contribution in [2.75, 3.05) is 0 Å². The Kier molecular flexibility index (Phi) is 5.70. The zero-order chi connectivity index (χ0) is 30.1. The molecule has 1 heterocycles. The van der Waals surface area contributed by atoms with Gasteiger partial charge in [-0.3, -0.25) is 0 Å². The fourth-order valence-corrected chi connectivity index (χ4v) is 7.56. The fourth-order valence-electron chi connectivity index (χ4n) is 7.56. The molecule has 0 unspecified atom stereocenters. The molecule has 0 saturated carbocycles. The van der Waals surface area contributed by atoms with E-state index in [1.165, 1.54) is 93.2 Å². The Hall–Kier alpha value is -5.66. The summed E-state index contributed by atoms with van der Waals surface area (Å²) in [7, 11) is 0. The molecule has 0 aliphatic rings. The highest BCUT2D eigenvalue weighted by Gasteiger charge is 2.20. The van der Waals surface area contributed by atoms with Crippen molar-refractivity contribution in [3.63, 3.8) is 0 Å². The van der Waals surface area contributed by atoms with Gasteiger partial charge in [-0.25, -0.2) is 0 Å². The molecule has 0 saturated heterocycles. The number of para-hydroxylation sites is 2. The third-order valence-electron chi connectivity index (χ3n) is 9.56. The van der Waals surface area contributed by atoms with Gasteiger partial charge in [-0.05, 0) is 98.2 Å². The second-order valence-corrected chi connectivity index (χ2v) is 12.2. The van der Waals surface area contributed by atoms with Gasteiger partial charge in [-0.2, -0.15) is 0 Å². The Morgan fingerprint density at radius 2 is 0.933 bits per heavy atom. The lowest BCUT2D eigenvalue weighted by molar-refractivity contribution is 1.18. The molecule has 45 heavy (non-hydrogen) atoms. The maximum atomic E-state index is 2.39. The molecule has 0 atom stereocenters. The highest BCUT2D eigenvalue weighted by molar-refractivity contribution is 6.24. The van der Waals surface area contributed by atoms with Crippen LogP contribution in [0.1, 0.15) is 11.1 Å². The Balaban J connectivity index is 1.33. The molecular formula is C44H31N. The van der Waals surface area contributed by atoms with E-state index in [2.05, 4.69) is 170 Å². The van der Waals surface area contributed by atoms with Crippen LogP contribution >= 0.6 is 0 Å². The molecule has 0 aliphatic heterocycles. The van der Waals surface area contributed by atoms with Crippen LogP contribution in [0.25, 0.3) is 82.1 Å². The standard InChI is InChI=1S/C44H31N/c1-28-19-26-38-39(27-28)44(42-29(2)20-21-30-11-3-4-12-33(30)42)37-16-6-5-15-36(37)43(38)31-22-24-32(25-23-31)45-40-17-9-7-13-34(40)35-14-8-10-18-41(35)45/h3-27H,1-2H3. The van der Waals surface area contributed by atoms with E-state index in [-0.39, 0.29) is 0 Å². The van der Waals surface area contributed by atoms with Gasteiger partial charge in [0.1, 0.15) is 0 Å². The molecule has 9 aromatic rings. The summed E-state index contributed by atoms with van der Waals surface area (Å²) in [6.45, 7) is 4.45. The predicted molar refractivity (Wildman–Crippen MR) is 194 cm³/mol. The van der Waals surface area contributed by atoms with Crippen molar-refractivity contribution in [3.05, 3.63) is 163 Å². The van der Waals surface area contributed by atoms with Crippen LogP contribution in [0, 0.1) is 13.8 Å². The minimum atomic E-state index is 1.17. The Morgan fingerprint density at radius 1 is 0.378 bits per heavy atom. The number of benzene rings is 8. The average Bonchev–Trinajstić information content (AvgIpc) is 3.42. The summed E-state index contributed by atoms with van der Waals surface area (Å²) >= 11 is 0. The molecule has 0 amide bonds. The first-order valence-electron chi connectivity index (χ1n) is 15.7. The maximum Gasteiger partial charge on any atom is 0.0541 e. The van der Waals surface area contributed by atoms with Gasteiger partial charge in [0.05, 0.1) is 11.0 Å². The molecule has 0 bridgehead atoms. The van der Waals surface area contributed by atoms with Gasteiger partial charge in [0, 0.05) is 16.5 Å². The summed E-state index contributed by atoms with van der Waals surface area (Å²) in [4.78, 5) is 0. The highest BCUT2D eigenvalue weighted by atomic mass is 15.0. The molecule has 1 aromatic heterocycles. The lowest BCUT2D eigenvalue weighted by Crippen LogP contribution is -1.95. The number of aryl methyl sites for hydroxylation is 2. The van der Waals surface area contributed by atoms with Crippen LogP contribution in [0.3, 0.4) is 0 Å². The van der Waals surface area contributed by atoms with E-state index < -0.39 is 0 Å². The molecule has 212 valence electrons. The van der Waals surface area contributed by atoms with Gasteiger partial charge >= 0.3 is 0 Å². The molecule has 0 N–H and O–H groups in total. The van der Waals surface area contributed by atoms with Crippen LogP contribution in [-0.2, 0) is 0 Å². The number of aromatic nitrogens is 1. The third kappa shape index (κ3) is 3.87. The lowest BCUT2D eigenvalue weighted by atomic mass is 9.83. The Bertz CT molecular complexity index is 2550. The van der Waals surface area contributed by atoms with Gasteiger partial charge in [0.25, 0.3) is 0 Å². The maximum absolute atomic E-state index is 2.39. The molecule has 9 rings (SSSR count). The zero-order valence-electron chi connectivity index (χ0n) is 25.4. The van der Waals surface area contributed by atoms with Crippen molar-refractivity contribution in [2.45, 2.75) is 13.8 Å². The predicted octanol–water partition coefficient (Wildman–Crippen LogP) is 12.2. The molecule has 8 aromatic carbocycles. The first-order valence-corrected chi connectivity index (χ1v) is 15.7. The van der Waals surface area contributed by atoms with E-state index in [0.717, 1.165) is 0 Å². The molecule has 0 radical (unpaired) electrons. The minimum absolute atomic E-state index is 1.17. The molecule has 0 spiro atoms. The summed E-state index contributed by atoms with van der Waals surface area (Å²) in [6, 6.07) is 55.8. The van der Waals surface area contributed by atoms with Crippen LogP contribution < -0.4 is 0 Å². The van der Waals surface area contributed by atoms with E-state index in [4.69, 9.17) is 0 Å². The van der Waals surface area contributed by atoms with E-state index in [1.54, 1.807) is 0 Å². The topological polar surface area (TPSA) is 4.93 Å². The summed E-state index contributed by atoms with van der Waals surface area (Å²) in [5.74, 6) is 0. The third-order valence-corrected chi connectivity index (χ3v) is 9.56. The number of hydrogen-bond donors (Lipinski definition) is 0. The van der Waals surface area contributed by atoms with Crippen LogP contribution in [0.2, 0.25) is 0 Å². The zero-order valence-corrected chi connectivity index (χ0v) is 25.4. The number of hydrogen-bond acceptors (Lipinski definition) is 0. The second kappa shape index (κ2) is 9.94. The number of nitrogens with zero attached hydrogens (tertiary/aromatic N) is 1.